The molecule has 0 aliphatic heterocycles. The zero-order valence-electron chi connectivity index (χ0n) is 11.0. The van der Waals surface area contributed by atoms with E-state index in [2.05, 4.69) is 0 Å². The molecule has 3 N–H and O–H groups in total. The average molecular weight is 284 g/mol. The van der Waals surface area contributed by atoms with Crippen LogP contribution in [0.2, 0.25) is 0 Å². The van der Waals surface area contributed by atoms with Gasteiger partial charge in [-0.15, -0.1) is 0 Å². The minimum absolute atomic E-state index is 0.0478. The maximum atomic E-state index is 12.5. The molecule has 106 valence electrons. The fraction of sp³-hybridized carbons (Fsp3) is 0.538. The van der Waals surface area contributed by atoms with Crippen LogP contribution < -0.4 is 5.73 Å². The minimum atomic E-state index is -3.51. The molecular formula is C13H20N2O3S. The fourth-order valence-electron chi connectivity index (χ4n) is 2.15. The molecule has 0 radical (unpaired) electrons. The summed E-state index contributed by atoms with van der Waals surface area (Å²) in [5, 5.41) is 9.04. The molecule has 0 amide bonds. The number of hydrogen-bond donors (Lipinski definition) is 2. The molecular weight excluding hydrogens is 264 g/mol. The number of nitrogens with two attached hydrogens (primary N) is 1. The second-order valence-electron chi connectivity index (χ2n) is 4.86. The Morgan fingerprint density at radius 2 is 2.11 bits per heavy atom. The van der Waals surface area contributed by atoms with E-state index in [9.17, 15) is 8.42 Å². The van der Waals surface area contributed by atoms with Crippen LogP contribution in [-0.2, 0) is 16.6 Å². The van der Waals surface area contributed by atoms with Gasteiger partial charge in [0.2, 0.25) is 10.0 Å². The van der Waals surface area contributed by atoms with E-state index < -0.39 is 10.0 Å². The third-order valence-electron chi connectivity index (χ3n) is 3.42. The molecule has 5 nitrogen and oxygen atoms in total. The van der Waals surface area contributed by atoms with Crippen LogP contribution in [0.15, 0.2) is 23.1 Å². The van der Waals surface area contributed by atoms with Crippen LogP contribution >= 0.6 is 0 Å². The topological polar surface area (TPSA) is 83.6 Å². The molecule has 1 aromatic rings. The van der Waals surface area contributed by atoms with Crippen molar-refractivity contribution in [2.75, 3.05) is 13.2 Å². The Morgan fingerprint density at radius 3 is 2.58 bits per heavy atom. The van der Waals surface area contributed by atoms with Gasteiger partial charge in [0, 0.05) is 19.1 Å². The predicted octanol–water partition coefficient (Wildman–Crippen LogP) is 0.599. The Labute approximate surface area is 114 Å². The summed E-state index contributed by atoms with van der Waals surface area (Å²) in [7, 11) is -3.51. The summed E-state index contributed by atoms with van der Waals surface area (Å²) >= 11 is 0. The van der Waals surface area contributed by atoms with Gasteiger partial charge in [0.1, 0.15) is 0 Å². The van der Waals surface area contributed by atoms with Gasteiger partial charge in [0.25, 0.3) is 0 Å². The monoisotopic (exact) mass is 284 g/mol. The first kappa shape index (κ1) is 14.5. The van der Waals surface area contributed by atoms with E-state index in [4.69, 9.17) is 10.8 Å². The summed E-state index contributed by atoms with van der Waals surface area (Å²) in [5.74, 6) is 0. The smallest absolute Gasteiger partial charge is 0.243 e. The summed E-state index contributed by atoms with van der Waals surface area (Å²) in [5.41, 5.74) is 7.40. The third-order valence-corrected chi connectivity index (χ3v) is 5.36. The van der Waals surface area contributed by atoms with Crippen LogP contribution in [0, 0.1) is 6.92 Å². The summed E-state index contributed by atoms with van der Waals surface area (Å²) in [6, 6.07) is 5.06. The lowest BCUT2D eigenvalue weighted by Gasteiger charge is -2.21. The predicted molar refractivity (Wildman–Crippen MR) is 73.1 cm³/mol. The largest absolute Gasteiger partial charge is 0.395 e. The van der Waals surface area contributed by atoms with Crippen molar-refractivity contribution in [3.63, 3.8) is 0 Å². The lowest BCUT2D eigenvalue weighted by Crippen LogP contribution is -2.35. The quantitative estimate of drug-likeness (QED) is 0.801. The number of aryl methyl sites for hydroxylation is 1. The zero-order chi connectivity index (χ0) is 14.0. The van der Waals surface area contributed by atoms with Gasteiger partial charge in [0.05, 0.1) is 11.5 Å². The standard InChI is InChI=1S/C13H20N2O3S/c1-10-8-13(5-2-11(10)9-14)19(17,18)15(6-7-16)12-3-4-12/h2,5,8,12,16H,3-4,6-7,9,14H2,1H3. The van der Waals surface area contributed by atoms with Crippen molar-refractivity contribution >= 4 is 10.0 Å². The van der Waals surface area contributed by atoms with Crippen molar-refractivity contribution in [1.29, 1.82) is 0 Å². The highest BCUT2D eigenvalue weighted by molar-refractivity contribution is 7.89. The molecule has 0 saturated heterocycles. The van der Waals surface area contributed by atoms with Crippen molar-refractivity contribution in [3.05, 3.63) is 29.3 Å². The van der Waals surface area contributed by atoms with E-state index >= 15 is 0 Å². The highest BCUT2D eigenvalue weighted by atomic mass is 32.2. The van der Waals surface area contributed by atoms with E-state index in [0.717, 1.165) is 24.0 Å². The molecule has 0 spiro atoms. The van der Waals surface area contributed by atoms with Gasteiger partial charge in [-0.05, 0) is 43.0 Å². The molecule has 1 aliphatic rings. The van der Waals surface area contributed by atoms with Crippen LogP contribution in [0.5, 0.6) is 0 Å². The summed E-state index contributed by atoms with van der Waals surface area (Å²) < 4.78 is 26.5. The van der Waals surface area contributed by atoms with E-state index in [1.54, 1.807) is 18.2 Å². The average Bonchev–Trinajstić information content (AvgIpc) is 3.19. The normalized spacial score (nSPS) is 16.0. The molecule has 6 heteroatoms. The first-order valence-electron chi connectivity index (χ1n) is 6.43. The molecule has 0 unspecified atom stereocenters. The Bertz CT molecular complexity index is 553. The van der Waals surface area contributed by atoms with Crippen LogP contribution in [0.3, 0.4) is 0 Å². The van der Waals surface area contributed by atoms with Crippen LogP contribution in [0.25, 0.3) is 0 Å². The van der Waals surface area contributed by atoms with Gasteiger partial charge in [-0.1, -0.05) is 6.07 Å². The maximum Gasteiger partial charge on any atom is 0.243 e. The summed E-state index contributed by atoms with van der Waals surface area (Å²) in [6.07, 6.45) is 1.75. The molecule has 1 saturated carbocycles. The highest BCUT2D eigenvalue weighted by Gasteiger charge is 2.37. The van der Waals surface area contributed by atoms with Crippen molar-refractivity contribution in [3.8, 4) is 0 Å². The summed E-state index contributed by atoms with van der Waals surface area (Å²) in [6.45, 7) is 2.25. The Hall–Kier alpha value is -0.950. The van der Waals surface area contributed by atoms with E-state index in [-0.39, 0.29) is 24.1 Å². The zero-order valence-corrected chi connectivity index (χ0v) is 11.9. The van der Waals surface area contributed by atoms with Crippen molar-refractivity contribution < 1.29 is 13.5 Å². The van der Waals surface area contributed by atoms with Crippen LogP contribution in [-0.4, -0.2) is 37.0 Å². The minimum Gasteiger partial charge on any atom is -0.395 e. The summed E-state index contributed by atoms with van der Waals surface area (Å²) in [4.78, 5) is 0.280. The fourth-order valence-corrected chi connectivity index (χ4v) is 3.92. The van der Waals surface area contributed by atoms with E-state index in [1.807, 2.05) is 6.92 Å². The first-order chi connectivity index (χ1) is 9.00. The van der Waals surface area contributed by atoms with Crippen molar-refractivity contribution in [1.82, 2.24) is 4.31 Å². The first-order valence-corrected chi connectivity index (χ1v) is 7.87. The number of hydrogen-bond acceptors (Lipinski definition) is 4. The van der Waals surface area contributed by atoms with Gasteiger partial charge < -0.3 is 10.8 Å². The van der Waals surface area contributed by atoms with Gasteiger partial charge in [-0.25, -0.2) is 8.42 Å². The number of nitrogens with zero attached hydrogens (tertiary/aromatic N) is 1. The Balaban J connectivity index is 2.34. The van der Waals surface area contributed by atoms with Gasteiger partial charge in [-0.2, -0.15) is 4.31 Å². The SMILES string of the molecule is Cc1cc(S(=O)(=O)N(CCO)C2CC2)ccc1CN. The lowest BCUT2D eigenvalue weighted by atomic mass is 10.1. The molecule has 1 fully saturated rings. The molecule has 1 aromatic carbocycles. The van der Waals surface area contributed by atoms with Gasteiger partial charge in [-0.3, -0.25) is 0 Å². The second-order valence-corrected chi connectivity index (χ2v) is 6.75. The molecule has 2 rings (SSSR count). The van der Waals surface area contributed by atoms with Crippen molar-refractivity contribution in [2.45, 2.75) is 37.2 Å². The lowest BCUT2D eigenvalue weighted by molar-refractivity contribution is 0.250. The molecule has 1 aliphatic carbocycles. The number of benzene rings is 1. The van der Waals surface area contributed by atoms with Crippen molar-refractivity contribution in [2.24, 2.45) is 5.73 Å². The van der Waals surface area contributed by atoms with Gasteiger partial charge >= 0.3 is 0 Å². The number of aliphatic hydroxyl groups is 1. The molecule has 19 heavy (non-hydrogen) atoms. The maximum absolute atomic E-state index is 12.5. The van der Waals surface area contributed by atoms with E-state index in [0.29, 0.717) is 6.54 Å². The Kier molecular flexibility index (Phi) is 4.25. The second kappa shape index (κ2) is 5.58. The van der Waals surface area contributed by atoms with Crippen LogP contribution in [0.1, 0.15) is 24.0 Å². The Morgan fingerprint density at radius 1 is 1.42 bits per heavy atom. The van der Waals surface area contributed by atoms with Gasteiger partial charge in [0.15, 0.2) is 0 Å². The highest BCUT2D eigenvalue weighted by Crippen LogP contribution is 2.32. The molecule has 0 atom stereocenters. The van der Waals surface area contributed by atoms with E-state index in [1.165, 1.54) is 4.31 Å². The molecule has 0 heterocycles. The number of rotatable bonds is 6. The molecule has 0 bridgehead atoms. The number of aliphatic hydroxyl groups excluding tert-OH is 1. The number of sulfonamides is 1. The molecule has 0 aromatic heterocycles. The third kappa shape index (κ3) is 2.97. The van der Waals surface area contributed by atoms with Crippen LogP contribution in [0.4, 0.5) is 0 Å².